The lowest BCUT2D eigenvalue weighted by atomic mass is 10.0. The van der Waals surface area contributed by atoms with Gasteiger partial charge in [0.1, 0.15) is 5.75 Å². The quantitative estimate of drug-likeness (QED) is 0.836. The van der Waals surface area contributed by atoms with Gasteiger partial charge >= 0.3 is 6.03 Å². The minimum Gasteiger partial charge on any atom is -0.494 e. The van der Waals surface area contributed by atoms with E-state index in [2.05, 4.69) is 16.7 Å². The molecule has 0 aromatic heterocycles. The van der Waals surface area contributed by atoms with Gasteiger partial charge in [-0.15, -0.1) is 0 Å². The molecule has 4 heteroatoms. The maximum absolute atomic E-state index is 12.1. The highest BCUT2D eigenvalue weighted by Crippen LogP contribution is 2.26. The van der Waals surface area contributed by atoms with Gasteiger partial charge in [-0.3, -0.25) is 0 Å². The summed E-state index contributed by atoms with van der Waals surface area (Å²) in [5, 5.41) is 6.02. The maximum Gasteiger partial charge on any atom is 0.315 e. The summed E-state index contributed by atoms with van der Waals surface area (Å²) in [6, 6.07) is 5.91. The topological polar surface area (TPSA) is 50.4 Å². The molecule has 0 aliphatic heterocycles. The third-order valence-electron chi connectivity index (χ3n) is 4.31. The van der Waals surface area contributed by atoms with Crippen LogP contribution in [0, 0.1) is 12.8 Å². The molecule has 0 spiro atoms. The third kappa shape index (κ3) is 4.65. The fourth-order valence-electron chi connectivity index (χ4n) is 3.07. The van der Waals surface area contributed by atoms with Gasteiger partial charge in [0.15, 0.2) is 0 Å². The molecule has 4 nitrogen and oxygen atoms in total. The van der Waals surface area contributed by atoms with E-state index < -0.39 is 0 Å². The standard InChI is InChI=1S/C18H28N2O2/c1-4-22-17-10-9-13(2)11-16(17)14(3)20-18(21)19-12-15-7-5-6-8-15/h9-11,14-15H,4-8,12H2,1-3H3,(H2,19,20,21). The lowest BCUT2D eigenvalue weighted by Gasteiger charge is -2.19. The van der Waals surface area contributed by atoms with Crippen LogP contribution >= 0.6 is 0 Å². The minimum atomic E-state index is -0.0941. The second kappa shape index (κ2) is 8.06. The van der Waals surface area contributed by atoms with Gasteiger partial charge in [-0.25, -0.2) is 4.79 Å². The van der Waals surface area contributed by atoms with Crippen molar-refractivity contribution in [3.63, 3.8) is 0 Å². The van der Waals surface area contributed by atoms with Crippen LogP contribution in [0.15, 0.2) is 18.2 Å². The number of hydrogen-bond acceptors (Lipinski definition) is 2. The fourth-order valence-corrected chi connectivity index (χ4v) is 3.07. The van der Waals surface area contributed by atoms with E-state index in [4.69, 9.17) is 4.74 Å². The molecule has 0 heterocycles. The zero-order valence-electron chi connectivity index (χ0n) is 13.9. The lowest BCUT2D eigenvalue weighted by molar-refractivity contribution is 0.235. The van der Waals surface area contributed by atoms with Gasteiger partial charge in [-0.05, 0) is 45.6 Å². The van der Waals surface area contributed by atoms with E-state index in [0.29, 0.717) is 12.5 Å². The first kappa shape index (κ1) is 16.7. The molecule has 1 atom stereocenters. The molecule has 1 aliphatic rings. The minimum absolute atomic E-state index is 0.0787. The van der Waals surface area contributed by atoms with Crippen LogP contribution in [-0.2, 0) is 0 Å². The zero-order chi connectivity index (χ0) is 15.9. The van der Waals surface area contributed by atoms with Crippen molar-refractivity contribution < 1.29 is 9.53 Å². The number of amides is 2. The van der Waals surface area contributed by atoms with E-state index in [-0.39, 0.29) is 12.1 Å². The van der Waals surface area contributed by atoms with Crippen LogP contribution in [0.4, 0.5) is 4.79 Å². The van der Waals surface area contributed by atoms with Crippen molar-refractivity contribution in [2.24, 2.45) is 5.92 Å². The number of hydrogen-bond donors (Lipinski definition) is 2. The van der Waals surface area contributed by atoms with Crippen LogP contribution < -0.4 is 15.4 Å². The monoisotopic (exact) mass is 304 g/mol. The molecule has 1 aromatic carbocycles. The summed E-state index contributed by atoms with van der Waals surface area (Å²) in [5.74, 6) is 1.50. The highest BCUT2D eigenvalue weighted by molar-refractivity contribution is 5.74. The van der Waals surface area contributed by atoms with Gasteiger partial charge in [0.25, 0.3) is 0 Å². The summed E-state index contributed by atoms with van der Waals surface area (Å²) < 4.78 is 5.66. The highest BCUT2D eigenvalue weighted by Gasteiger charge is 2.18. The number of carbonyl (C=O) groups is 1. The molecule has 1 aromatic rings. The van der Waals surface area contributed by atoms with E-state index in [1.54, 1.807) is 0 Å². The van der Waals surface area contributed by atoms with E-state index in [1.165, 1.54) is 31.2 Å². The van der Waals surface area contributed by atoms with Gasteiger partial charge in [-0.2, -0.15) is 0 Å². The second-order valence-electron chi connectivity index (χ2n) is 6.20. The molecular formula is C18H28N2O2. The Bertz CT molecular complexity index is 496. The fraction of sp³-hybridized carbons (Fsp3) is 0.611. The first-order chi connectivity index (χ1) is 10.6. The van der Waals surface area contributed by atoms with Gasteiger partial charge in [0.2, 0.25) is 0 Å². The average molecular weight is 304 g/mol. The van der Waals surface area contributed by atoms with Crippen molar-refractivity contribution >= 4 is 6.03 Å². The summed E-state index contributed by atoms with van der Waals surface area (Å²) >= 11 is 0. The molecule has 1 fully saturated rings. The van der Waals surface area contributed by atoms with Crippen LogP contribution in [0.2, 0.25) is 0 Å². The van der Waals surface area contributed by atoms with Crippen LogP contribution in [0.3, 0.4) is 0 Å². The Morgan fingerprint density at radius 2 is 2.09 bits per heavy atom. The van der Waals surface area contributed by atoms with Crippen molar-refractivity contribution in [2.45, 2.75) is 52.5 Å². The molecule has 1 aliphatic carbocycles. The smallest absolute Gasteiger partial charge is 0.315 e. The molecule has 2 rings (SSSR count). The molecule has 0 radical (unpaired) electrons. The molecular weight excluding hydrogens is 276 g/mol. The van der Waals surface area contributed by atoms with Gasteiger partial charge in [0.05, 0.1) is 12.6 Å². The molecule has 22 heavy (non-hydrogen) atoms. The number of benzene rings is 1. The molecule has 122 valence electrons. The van der Waals surface area contributed by atoms with E-state index >= 15 is 0 Å². The molecule has 2 amide bonds. The van der Waals surface area contributed by atoms with Gasteiger partial charge in [0, 0.05) is 12.1 Å². The summed E-state index contributed by atoms with van der Waals surface area (Å²) in [6.45, 7) is 7.41. The predicted octanol–water partition coefficient (Wildman–Crippen LogP) is 3.94. The zero-order valence-corrected chi connectivity index (χ0v) is 13.9. The number of aryl methyl sites for hydroxylation is 1. The third-order valence-corrected chi connectivity index (χ3v) is 4.31. The first-order valence-corrected chi connectivity index (χ1v) is 8.38. The summed E-state index contributed by atoms with van der Waals surface area (Å²) in [6.07, 6.45) is 5.07. The first-order valence-electron chi connectivity index (χ1n) is 8.38. The number of rotatable bonds is 6. The summed E-state index contributed by atoms with van der Waals surface area (Å²) in [7, 11) is 0. The highest BCUT2D eigenvalue weighted by atomic mass is 16.5. The Morgan fingerprint density at radius 3 is 2.77 bits per heavy atom. The van der Waals surface area contributed by atoms with Gasteiger partial charge < -0.3 is 15.4 Å². The molecule has 1 saturated carbocycles. The van der Waals surface area contributed by atoms with E-state index in [0.717, 1.165) is 17.9 Å². The molecule has 1 unspecified atom stereocenters. The second-order valence-corrected chi connectivity index (χ2v) is 6.20. The van der Waals surface area contributed by atoms with Crippen molar-refractivity contribution in [1.29, 1.82) is 0 Å². The Balaban J connectivity index is 1.91. The Kier molecular flexibility index (Phi) is 6.10. The van der Waals surface area contributed by atoms with Crippen molar-refractivity contribution in [2.75, 3.05) is 13.2 Å². The Morgan fingerprint density at radius 1 is 1.36 bits per heavy atom. The number of urea groups is 1. The predicted molar refractivity (Wildman–Crippen MR) is 89.3 cm³/mol. The van der Waals surface area contributed by atoms with Crippen LogP contribution in [0.25, 0.3) is 0 Å². The normalized spacial score (nSPS) is 16.3. The van der Waals surface area contributed by atoms with Crippen LogP contribution in [0.1, 0.15) is 56.7 Å². The Labute approximate surface area is 133 Å². The SMILES string of the molecule is CCOc1ccc(C)cc1C(C)NC(=O)NCC1CCCC1. The van der Waals surface area contributed by atoms with Gasteiger partial charge in [-0.1, -0.05) is 30.5 Å². The Hall–Kier alpha value is -1.71. The maximum atomic E-state index is 12.1. The van der Waals surface area contributed by atoms with Crippen molar-refractivity contribution in [3.8, 4) is 5.75 Å². The van der Waals surface area contributed by atoms with Crippen molar-refractivity contribution in [3.05, 3.63) is 29.3 Å². The van der Waals surface area contributed by atoms with Crippen LogP contribution in [0.5, 0.6) is 5.75 Å². The average Bonchev–Trinajstić information content (AvgIpc) is 3.00. The van der Waals surface area contributed by atoms with Crippen LogP contribution in [-0.4, -0.2) is 19.2 Å². The molecule has 0 saturated heterocycles. The molecule has 2 N–H and O–H groups in total. The van der Waals surface area contributed by atoms with Crippen molar-refractivity contribution in [1.82, 2.24) is 10.6 Å². The lowest BCUT2D eigenvalue weighted by Crippen LogP contribution is -2.39. The largest absolute Gasteiger partial charge is 0.494 e. The number of nitrogens with one attached hydrogen (secondary N) is 2. The summed E-state index contributed by atoms with van der Waals surface area (Å²) in [5.41, 5.74) is 2.19. The van der Waals surface area contributed by atoms with E-state index in [1.807, 2.05) is 32.9 Å². The number of carbonyl (C=O) groups excluding carboxylic acids is 1. The number of ether oxygens (including phenoxy) is 1. The van der Waals surface area contributed by atoms with E-state index in [9.17, 15) is 4.79 Å². The molecule has 0 bridgehead atoms. The summed E-state index contributed by atoms with van der Waals surface area (Å²) in [4.78, 5) is 12.1.